The first-order valence-electron chi connectivity index (χ1n) is 6.57. The summed E-state index contributed by atoms with van der Waals surface area (Å²) in [6, 6.07) is 14.3. The van der Waals surface area contributed by atoms with Crippen molar-refractivity contribution in [3.63, 3.8) is 0 Å². The largest absolute Gasteiger partial charge is 0.345 e. The number of hydrogen-bond acceptors (Lipinski definition) is 4. The monoisotopic (exact) mass is 295 g/mol. The summed E-state index contributed by atoms with van der Waals surface area (Å²) in [4.78, 5) is 22.6. The Labute approximate surface area is 127 Å². The Balaban J connectivity index is 2.18. The molecule has 1 amide bonds. The fraction of sp³-hybridized carbons (Fsp3) is 0.125. The van der Waals surface area contributed by atoms with Crippen molar-refractivity contribution in [2.75, 3.05) is 0 Å². The van der Waals surface area contributed by atoms with E-state index in [0.717, 1.165) is 5.56 Å². The average molecular weight is 295 g/mol. The van der Waals surface area contributed by atoms with Gasteiger partial charge in [0.2, 0.25) is 0 Å². The number of hydrogen-bond donors (Lipinski definition) is 1. The summed E-state index contributed by atoms with van der Waals surface area (Å²) in [7, 11) is 0. The molecule has 1 unspecified atom stereocenters. The van der Waals surface area contributed by atoms with Gasteiger partial charge in [0.25, 0.3) is 11.6 Å². The number of para-hydroxylation sites is 1. The van der Waals surface area contributed by atoms with E-state index in [4.69, 9.17) is 5.26 Å². The zero-order valence-corrected chi connectivity index (χ0v) is 11.8. The Morgan fingerprint density at radius 2 is 1.86 bits per heavy atom. The van der Waals surface area contributed by atoms with Crippen molar-refractivity contribution in [2.24, 2.45) is 0 Å². The molecule has 1 N–H and O–H groups in total. The third-order valence-corrected chi connectivity index (χ3v) is 3.23. The first kappa shape index (κ1) is 15.2. The number of nitrogens with zero attached hydrogens (tertiary/aromatic N) is 2. The first-order valence-corrected chi connectivity index (χ1v) is 6.57. The van der Waals surface area contributed by atoms with Crippen molar-refractivity contribution < 1.29 is 9.72 Å². The summed E-state index contributed by atoms with van der Waals surface area (Å²) in [5, 5.41) is 22.4. The van der Waals surface area contributed by atoms with Gasteiger partial charge in [-0.15, -0.1) is 0 Å². The highest BCUT2D eigenvalue weighted by Gasteiger charge is 2.20. The Morgan fingerprint density at radius 3 is 2.45 bits per heavy atom. The fourth-order valence-corrected chi connectivity index (χ4v) is 2.03. The summed E-state index contributed by atoms with van der Waals surface area (Å²) in [5.74, 6) is -0.510. The number of nitro benzene ring substituents is 1. The van der Waals surface area contributed by atoms with Gasteiger partial charge in [0, 0.05) is 6.07 Å². The van der Waals surface area contributed by atoms with Crippen LogP contribution in [0.1, 0.15) is 34.5 Å². The van der Waals surface area contributed by atoms with Crippen LogP contribution in [-0.4, -0.2) is 10.8 Å². The van der Waals surface area contributed by atoms with E-state index in [2.05, 4.69) is 5.32 Å². The second-order valence-electron chi connectivity index (χ2n) is 4.70. The van der Waals surface area contributed by atoms with Crippen LogP contribution >= 0.6 is 0 Å². The topological polar surface area (TPSA) is 96.0 Å². The van der Waals surface area contributed by atoms with Gasteiger partial charge in [0.15, 0.2) is 0 Å². The molecule has 0 aliphatic heterocycles. The fourth-order valence-electron chi connectivity index (χ4n) is 2.03. The average Bonchev–Trinajstić information content (AvgIpc) is 2.54. The minimum absolute atomic E-state index is 0.0213. The molecule has 0 aromatic heterocycles. The number of amides is 1. The SMILES string of the molecule is CC(NC(=O)c1ccccc1[N+](=O)[O-])c1ccc(C#N)cc1. The van der Waals surface area contributed by atoms with E-state index in [1.807, 2.05) is 6.07 Å². The summed E-state index contributed by atoms with van der Waals surface area (Å²) >= 11 is 0. The molecule has 0 saturated heterocycles. The van der Waals surface area contributed by atoms with Gasteiger partial charge < -0.3 is 5.32 Å². The Bertz CT molecular complexity index is 748. The highest BCUT2D eigenvalue weighted by Crippen LogP contribution is 2.19. The van der Waals surface area contributed by atoms with Crippen molar-refractivity contribution in [3.05, 3.63) is 75.3 Å². The molecule has 0 fully saturated rings. The molecule has 6 heteroatoms. The smallest absolute Gasteiger partial charge is 0.282 e. The highest BCUT2D eigenvalue weighted by molar-refractivity contribution is 5.98. The number of carbonyl (C=O) groups excluding carboxylic acids is 1. The number of rotatable bonds is 4. The highest BCUT2D eigenvalue weighted by atomic mass is 16.6. The third kappa shape index (κ3) is 3.27. The van der Waals surface area contributed by atoms with Crippen molar-refractivity contribution >= 4 is 11.6 Å². The Hall–Kier alpha value is -3.20. The number of nitriles is 1. The van der Waals surface area contributed by atoms with Crippen molar-refractivity contribution in [2.45, 2.75) is 13.0 Å². The quantitative estimate of drug-likeness (QED) is 0.692. The second-order valence-corrected chi connectivity index (χ2v) is 4.70. The zero-order valence-electron chi connectivity index (χ0n) is 11.8. The number of carbonyl (C=O) groups is 1. The predicted octanol–water partition coefficient (Wildman–Crippen LogP) is 2.96. The maximum atomic E-state index is 12.2. The summed E-state index contributed by atoms with van der Waals surface area (Å²) in [6.07, 6.45) is 0. The van der Waals surface area contributed by atoms with Crippen molar-refractivity contribution in [1.29, 1.82) is 5.26 Å². The maximum absolute atomic E-state index is 12.2. The van der Waals surface area contributed by atoms with Gasteiger partial charge in [-0.25, -0.2) is 0 Å². The van der Waals surface area contributed by atoms with Crippen LogP contribution in [0.4, 0.5) is 5.69 Å². The molecule has 110 valence electrons. The van der Waals surface area contributed by atoms with Crippen molar-refractivity contribution in [1.82, 2.24) is 5.32 Å². The molecule has 1 atom stereocenters. The van der Waals surface area contributed by atoms with E-state index in [9.17, 15) is 14.9 Å². The van der Waals surface area contributed by atoms with Crippen LogP contribution in [0.15, 0.2) is 48.5 Å². The van der Waals surface area contributed by atoms with Crippen LogP contribution in [0.2, 0.25) is 0 Å². The molecule has 0 aliphatic rings. The van der Waals surface area contributed by atoms with Crippen LogP contribution in [0.25, 0.3) is 0 Å². The number of benzene rings is 2. The van der Waals surface area contributed by atoms with Gasteiger partial charge in [-0.05, 0) is 30.7 Å². The maximum Gasteiger partial charge on any atom is 0.282 e. The third-order valence-electron chi connectivity index (χ3n) is 3.23. The lowest BCUT2D eigenvalue weighted by Crippen LogP contribution is -2.27. The molecule has 6 nitrogen and oxygen atoms in total. The van der Waals surface area contributed by atoms with E-state index >= 15 is 0 Å². The molecule has 0 bridgehead atoms. The molecule has 0 saturated carbocycles. The van der Waals surface area contributed by atoms with Gasteiger partial charge >= 0.3 is 0 Å². The van der Waals surface area contributed by atoms with Crippen LogP contribution < -0.4 is 5.32 Å². The zero-order chi connectivity index (χ0) is 16.1. The standard InChI is InChI=1S/C16H13N3O3/c1-11(13-8-6-12(10-17)7-9-13)18-16(20)14-4-2-3-5-15(14)19(21)22/h2-9,11H,1H3,(H,18,20). The molecule has 0 heterocycles. The molecular weight excluding hydrogens is 282 g/mol. The van der Waals surface area contributed by atoms with E-state index < -0.39 is 10.8 Å². The molecule has 0 spiro atoms. The lowest BCUT2D eigenvalue weighted by atomic mass is 10.1. The molecule has 2 aromatic carbocycles. The van der Waals surface area contributed by atoms with Crippen molar-refractivity contribution in [3.8, 4) is 6.07 Å². The van der Waals surface area contributed by atoms with Gasteiger partial charge in [0.1, 0.15) is 5.56 Å². The summed E-state index contributed by atoms with van der Waals surface area (Å²) < 4.78 is 0. The predicted molar refractivity (Wildman–Crippen MR) is 80.1 cm³/mol. The van der Waals surface area contributed by atoms with Crippen LogP contribution in [0.3, 0.4) is 0 Å². The second kappa shape index (κ2) is 6.50. The lowest BCUT2D eigenvalue weighted by molar-refractivity contribution is -0.385. The number of nitrogens with one attached hydrogen (secondary N) is 1. The normalized spacial score (nSPS) is 11.3. The van der Waals surface area contributed by atoms with E-state index in [1.165, 1.54) is 18.2 Å². The van der Waals surface area contributed by atoms with Gasteiger partial charge in [0.05, 0.1) is 22.6 Å². The molecular formula is C16H13N3O3. The summed E-state index contributed by atoms with van der Waals surface area (Å²) in [5.41, 5.74) is 1.13. The minimum Gasteiger partial charge on any atom is -0.345 e. The molecule has 2 aromatic rings. The molecule has 0 radical (unpaired) electrons. The van der Waals surface area contributed by atoms with Gasteiger partial charge in [-0.3, -0.25) is 14.9 Å². The first-order chi connectivity index (χ1) is 10.5. The van der Waals surface area contributed by atoms with Crippen LogP contribution in [0.5, 0.6) is 0 Å². The van der Waals surface area contributed by atoms with Gasteiger partial charge in [-0.2, -0.15) is 5.26 Å². The molecule has 22 heavy (non-hydrogen) atoms. The Morgan fingerprint density at radius 1 is 1.23 bits per heavy atom. The minimum atomic E-state index is -0.582. The molecule has 0 aliphatic carbocycles. The van der Waals surface area contributed by atoms with E-state index in [0.29, 0.717) is 5.56 Å². The van der Waals surface area contributed by atoms with E-state index in [1.54, 1.807) is 37.3 Å². The van der Waals surface area contributed by atoms with Crippen LogP contribution in [-0.2, 0) is 0 Å². The lowest BCUT2D eigenvalue weighted by Gasteiger charge is -2.14. The molecule has 2 rings (SSSR count). The van der Waals surface area contributed by atoms with Gasteiger partial charge in [-0.1, -0.05) is 24.3 Å². The number of nitro groups is 1. The van der Waals surface area contributed by atoms with Crippen LogP contribution in [0, 0.1) is 21.4 Å². The summed E-state index contributed by atoms with van der Waals surface area (Å²) in [6.45, 7) is 1.77. The Kier molecular flexibility index (Phi) is 4.49. The van der Waals surface area contributed by atoms with E-state index in [-0.39, 0.29) is 17.3 Å².